The number of aliphatic hydroxyl groups is 1. The quantitative estimate of drug-likeness (QED) is 0.355. The molecule has 1 fully saturated rings. The maximum atomic E-state index is 13.2. The van der Waals surface area contributed by atoms with E-state index in [0.717, 1.165) is 16.8 Å². The molecule has 1 aliphatic rings. The third-order valence-electron chi connectivity index (χ3n) is 5.75. The summed E-state index contributed by atoms with van der Waals surface area (Å²) in [5, 5.41) is 11.1. The van der Waals surface area contributed by atoms with Gasteiger partial charge in [-0.1, -0.05) is 30.3 Å². The zero-order chi connectivity index (χ0) is 23.5. The minimum absolute atomic E-state index is 0.0544. The molecule has 0 saturated carbocycles. The van der Waals surface area contributed by atoms with Gasteiger partial charge in [0.25, 0.3) is 11.7 Å². The van der Waals surface area contributed by atoms with E-state index in [1.165, 1.54) is 17.3 Å². The molecular formula is C26H25N3O4. The highest BCUT2D eigenvalue weighted by atomic mass is 16.5. The number of hydrogen-bond donors (Lipinski definition) is 1. The van der Waals surface area contributed by atoms with Gasteiger partial charge in [-0.2, -0.15) is 0 Å². The van der Waals surface area contributed by atoms with Gasteiger partial charge >= 0.3 is 0 Å². The number of anilines is 1. The fourth-order valence-corrected chi connectivity index (χ4v) is 4.03. The number of rotatable bonds is 6. The van der Waals surface area contributed by atoms with Crippen LogP contribution in [0.4, 0.5) is 5.69 Å². The van der Waals surface area contributed by atoms with Crippen LogP contribution in [0.15, 0.2) is 78.6 Å². The van der Waals surface area contributed by atoms with E-state index in [9.17, 15) is 14.7 Å². The van der Waals surface area contributed by atoms with Crippen molar-refractivity contribution in [1.82, 2.24) is 9.88 Å². The van der Waals surface area contributed by atoms with Crippen molar-refractivity contribution in [2.75, 3.05) is 26.1 Å². The Hall–Kier alpha value is -4.13. The lowest BCUT2D eigenvalue weighted by Gasteiger charge is -2.26. The maximum Gasteiger partial charge on any atom is 0.295 e. The van der Waals surface area contributed by atoms with Crippen molar-refractivity contribution < 1.29 is 19.4 Å². The fraction of sp³-hybridized carbons (Fsp3) is 0.192. The number of ether oxygens (including phenoxy) is 1. The van der Waals surface area contributed by atoms with Gasteiger partial charge in [0.15, 0.2) is 0 Å². The van der Waals surface area contributed by atoms with Crippen LogP contribution in [0, 0.1) is 0 Å². The van der Waals surface area contributed by atoms with E-state index < -0.39 is 17.7 Å². The number of methoxy groups -OCH3 is 1. The Kier molecular flexibility index (Phi) is 6.13. The Morgan fingerprint density at radius 2 is 1.70 bits per heavy atom. The number of carbonyl (C=O) groups excluding carboxylic acids is 2. The number of hydrogen-bond acceptors (Lipinski definition) is 6. The van der Waals surface area contributed by atoms with Crippen LogP contribution in [-0.4, -0.2) is 47.9 Å². The molecule has 1 atom stereocenters. The number of aromatic nitrogens is 1. The third-order valence-corrected chi connectivity index (χ3v) is 5.75. The molecule has 1 amide bonds. The SMILES string of the molecule is COc1ccccc1CN1C(=O)C(=O)/C(=C(\O)c2ccncc2)C1c1ccc(N(C)C)cc1. The summed E-state index contributed by atoms with van der Waals surface area (Å²) < 4.78 is 5.45. The van der Waals surface area contributed by atoms with E-state index in [-0.39, 0.29) is 17.9 Å². The molecule has 4 rings (SSSR count). The van der Waals surface area contributed by atoms with Crippen LogP contribution in [0.1, 0.15) is 22.7 Å². The van der Waals surface area contributed by atoms with Gasteiger partial charge in [-0.15, -0.1) is 0 Å². The van der Waals surface area contributed by atoms with Crippen molar-refractivity contribution in [3.8, 4) is 5.75 Å². The third kappa shape index (κ3) is 4.17. The number of pyridine rings is 1. The molecule has 1 aromatic heterocycles. The number of nitrogens with zero attached hydrogens (tertiary/aromatic N) is 3. The van der Waals surface area contributed by atoms with E-state index in [4.69, 9.17) is 4.74 Å². The Balaban J connectivity index is 1.86. The number of benzene rings is 2. The minimum atomic E-state index is -0.751. The van der Waals surface area contributed by atoms with Crippen molar-refractivity contribution in [3.05, 3.63) is 95.3 Å². The molecule has 0 radical (unpaired) electrons. The lowest BCUT2D eigenvalue weighted by molar-refractivity contribution is -0.140. The molecule has 2 aromatic carbocycles. The van der Waals surface area contributed by atoms with E-state index in [0.29, 0.717) is 11.3 Å². The van der Waals surface area contributed by atoms with Crippen molar-refractivity contribution in [1.29, 1.82) is 0 Å². The second kappa shape index (κ2) is 9.16. The van der Waals surface area contributed by atoms with Crippen molar-refractivity contribution in [3.63, 3.8) is 0 Å². The molecule has 3 aromatic rings. The number of carbonyl (C=O) groups is 2. The highest BCUT2D eigenvalue weighted by Gasteiger charge is 2.46. The first-order valence-corrected chi connectivity index (χ1v) is 10.5. The molecule has 0 aliphatic carbocycles. The van der Waals surface area contributed by atoms with Crippen LogP contribution >= 0.6 is 0 Å². The van der Waals surface area contributed by atoms with Crippen LogP contribution in [0.25, 0.3) is 5.76 Å². The normalized spacial score (nSPS) is 17.3. The second-order valence-electron chi connectivity index (χ2n) is 7.96. The first kappa shape index (κ1) is 22.1. The first-order valence-electron chi connectivity index (χ1n) is 10.5. The van der Waals surface area contributed by atoms with Crippen LogP contribution < -0.4 is 9.64 Å². The highest BCUT2D eigenvalue weighted by Crippen LogP contribution is 2.41. The van der Waals surface area contributed by atoms with Gasteiger partial charge < -0.3 is 19.6 Å². The van der Waals surface area contributed by atoms with Crippen molar-refractivity contribution in [2.24, 2.45) is 0 Å². The largest absolute Gasteiger partial charge is 0.507 e. The van der Waals surface area contributed by atoms with Crippen molar-refractivity contribution in [2.45, 2.75) is 12.6 Å². The van der Waals surface area contributed by atoms with Crippen LogP contribution in [0.2, 0.25) is 0 Å². The van der Waals surface area contributed by atoms with Gasteiger partial charge in [-0.05, 0) is 35.9 Å². The lowest BCUT2D eigenvalue weighted by Crippen LogP contribution is -2.29. The molecule has 7 heteroatoms. The maximum absolute atomic E-state index is 13.2. The average molecular weight is 444 g/mol. The molecular weight excluding hydrogens is 418 g/mol. The van der Waals surface area contributed by atoms with E-state index in [2.05, 4.69) is 4.98 Å². The summed E-state index contributed by atoms with van der Waals surface area (Å²) in [4.78, 5) is 33.8. The second-order valence-corrected chi connectivity index (χ2v) is 7.96. The zero-order valence-corrected chi connectivity index (χ0v) is 18.7. The monoisotopic (exact) mass is 443 g/mol. The van der Waals surface area contributed by atoms with E-state index in [1.54, 1.807) is 19.2 Å². The van der Waals surface area contributed by atoms with E-state index in [1.807, 2.05) is 67.5 Å². The summed E-state index contributed by atoms with van der Waals surface area (Å²) in [7, 11) is 5.44. The van der Waals surface area contributed by atoms with Crippen molar-refractivity contribution >= 4 is 23.1 Å². The van der Waals surface area contributed by atoms with Gasteiger partial charge in [0.2, 0.25) is 0 Å². The summed E-state index contributed by atoms with van der Waals surface area (Å²) in [5.74, 6) is -0.991. The predicted molar refractivity (Wildman–Crippen MR) is 126 cm³/mol. The van der Waals surface area contributed by atoms with Gasteiger partial charge in [0, 0.05) is 43.3 Å². The Bertz CT molecular complexity index is 1200. The zero-order valence-electron chi connectivity index (χ0n) is 18.7. The number of ketones is 1. The fourth-order valence-electron chi connectivity index (χ4n) is 4.03. The highest BCUT2D eigenvalue weighted by molar-refractivity contribution is 6.46. The number of para-hydroxylation sites is 1. The average Bonchev–Trinajstić information content (AvgIpc) is 3.09. The summed E-state index contributed by atoms with van der Waals surface area (Å²) in [5.41, 5.74) is 2.95. The standard InChI is InChI=1S/C26H25N3O4/c1-28(2)20-10-8-17(9-11-20)23-22(24(30)18-12-14-27-15-13-18)25(31)26(32)29(23)16-19-6-4-5-7-21(19)33-3/h4-15,23,30H,16H2,1-3H3/b24-22-. The van der Waals surface area contributed by atoms with Gasteiger partial charge in [-0.25, -0.2) is 0 Å². The van der Waals surface area contributed by atoms with Crippen LogP contribution in [0.5, 0.6) is 5.75 Å². The van der Waals surface area contributed by atoms with Gasteiger partial charge in [0.1, 0.15) is 11.5 Å². The van der Waals surface area contributed by atoms with E-state index >= 15 is 0 Å². The molecule has 0 bridgehead atoms. The topological polar surface area (TPSA) is 83.0 Å². The summed E-state index contributed by atoms with van der Waals surface area (Å²) >= 11 is 0. The Morgan fingerprint density at radius 3 is 2.33 bits per heavy atom. The van der Waals surface area contributed by atoms with Gasteiger partial charge in [-0.3, -0.25) is 14.6 Å². The number of aliphatic hydroxyl groups excluding tert-OH is 1. The molecule has 1 saturated heterocycles. The molecule has 33 heavy (non-hydrogen) atoms. The molecule has 7 nitrogen and oxygen atoms in total. The first-order chi connectivity index (χ1) is 15.9. The minimum Gasteiger partial charge on any atom is -0.507 e. The number of Topliss-reactive ketones (excluding diaryl/α,β-unsaturated/α-hetero) is 1. The van der Waals surface area contributed by atoms with Gasteiger partial charge in [0.05, 0.1) is 25.3 Å². The molecule has 168 valence electrons. The summed E-state index contributed by atoms with van der Waals surface area (Å²) in [6.45, 7) is 0.155. The molecule has 0 spiro atoms. The molecule has 1 aliphatic heterocycles. The molecule has 1 unspecified atom stereocenters. The molecule has 2 heterocycles. The Labute approximate surface area is 192 Å². The summed E-state index contributed by atoms with van der Waals surface area (Å²) in [6, 6.07) is 17.4. The predicted octanol–water partition coefficient (Wildman–Crippen LogP) is 3.78. The van der Waals surface area contributed by atoms with Crippen LogP contribution in [-0.2, 0) is 16.1 Å². The Morgan fingerprint density at radius 1 is 1.03 bits per heavy atom. The summed E-state index contributed by atoms with van der Waals surface area (Å²) in [6.07, 6.45) is 3.06. The number of likely N-dealkylation sites (tertiary alicyclic amines) is 1. The molecule has 1 N–H and O–H groups in total. The smallest absolute Gasteiger partial charge is 0.295 e. The lowest BCUT2D eigenvalue weighted by atomic mass is 9.95. The number of amides is 1. The van der Waals surface area contributed by atoms with Crippen LogP contribution in [0.3, 0.4) is 0 Å².